The molecule has 0 atom stereocenters. The molecule has 1 aromatic carbocycles. The average molecular weight is 329 g/mol. The van der Waals surface area contributed by atoms with E-state index in [1.165, 1.54) is 30.5 Å². The normalized spacial score (nSPS) is 11.2. The van der Waals surface area contributed by atoms with Gasteiger partial charge in [0.15, 0.2) is 11.6 Å². The molecule has 0 aliphatic heterocycles. The number of hydrogen-bond acceptors (Lipinski definition) is 4. The van der Waals surface area contributed by atoms with E-state index in [1.807, 2.05) is 0 Å². The van der Waals surface area contributed by atoms with Gasteiger partial charge in [0, 0.05) is 10.7 Å². The van der Waals surface area contributed by atoms with Gasteiger partial charge in [-0.15, -0.1) is 0 Å². The number of nitrogens with zero attached hydrogens (tertiary/aromatic N) is 1. The number of hydrogen-bond donors (Lipinski definition) is 2. The Morgan fingerprint density at radius 3 is 2.67 bits per heavy atom. The molecule has 0 amide bonds. The third kappa shape index (κ3) is 2.80. The second-order valence-corrected chi connectivity index (χ2v) is 6.03. The van der Waals surface area contributed by atoms with E-state index in [9.17, 15) is 13.5 Å². The second-order valence-electron chi connectivity index (χ2n) is 3.43. The molecule has 0 radical (unpaired) electrons. The Labute approximate surface area is 113 Å². The number of aromatic hydroxyl groups is 1. The van der Waals surface area contributed by atoms with Crippen molar-refractivity contribution in [3.05, 3.63) is 47.1 Å². The Hall–Kier alpha value is -1.60. The lowest BCUT2D eigenvalue weighted by atomic mass is 10.4. The number of sulfonamides is 1. The number of nitrogens with one attached hydrogen (secondary N) is 1. The number of benzene rings is 1. The predicted octanol–water partition coefficient (Wildman–Crippen LogP) is 2.35. The van der Waals surface area contributed by atoms with Crippen molar-refractivity contribution in [3.8, 4) is 5.75 Å². The van der Waals surface area contributed by atoms with Crippen molar-refractivity contribution in [3.63, 3.8) is 0 Å². The molecule has 94 valence electrons. The molecule has 2 N–H and O–H groups in total. The van der Waals surface area contributed by atoms with E-state index in [1.54, 1.807) is 12.1 Å². The van der Waals surface area contributed by atoms with Crippen LogP contribution < -0.4 is 4.72 Å². The summed E-state index contributed by atoms with van der Waals surface area (Å²) in [5.41, 5.74) is 0. The molecular weight excluding hydrogens is 320 g/mol. The Balaban J connectivity index is 2.37. The molecule has 0 aliphatic carbocycles. The van der Waals surface area contributed by atoms with E-state index < -0.39 is 10.0 Å². The maximum absolute atomic E-state index is 12.0. The lowest BCUT2D eigenvalue weighted by Gasteiger charge is -2.08. The van der Waals surface area contributed by atoms with Gasteiger partial charge in [-0.1, -0.05) is 22.0 Å². The first-order chi connectivity index (χ1) is 8.49. The number of anilines is 1. The minimum Gasteiger partial charge on any atom is -0.504 e. The first-order valence-corrected chi connectivity index (χ1v) is 7.19. The molecule has 0 spiro atoms. The zero-order valence-corrected chi connectivity index (χ0v) is 11.4. The van der Waals surface area contributed by atoms with Crippen molar-refractivity contribution in [1.29, 1.82) is 0 Å². The molecule has 0 saturated carbocycles. The van der Waals surface area contributed by atoms with E-state index in [0.717, 1.165) is 0 Å². The quantitative estimate of drug-likeness (QED) is 0.906. The van der Waals surface area contributed by atoms with Crippen LogP contribution in [-0.2, 0) is 10.0 Å². The Morgan fingerprint density at radius 2 is 2.00 bits per heavy atom. The van der Waals surface area contributed by atoms with Gasteiger partial charge in [0.25, 0.3) is 10.0 Å². The first kappa shape index (κ1) is 12.8. The van der Waals surface area contributed by atoms with Gasteiger partial charge in [-0.25, -0.2) is 13.4 Å². The first-order valence-electron chi connectivity index (χ1n) is 4.91. The largest absolute Gasteiger partial charge is 0.504 e. The molecule has 7 heteroatoms. The lowest BCUT2D eigenvalue weighted by molar-refractivity contribution is 0.475. The lowest BCUT2D eigenvalue weighted by Crippen LogP contribution is -2.13. The molecule has 0 aliphatic rings. The summed E-state index contributed by atoms with van der Waals surface area (Å²) in [5, 5.41) is 9.48. The molecule has 1 heterocycles. The summed E-state index contributed by atoms with van der Waals surface area (Å²) in [5.74, 6) is -0.325. The zero-order valence-electron chi connectivity index (χ0n) is 9.04. The summed E-state index contributed by atoms with van der Waals surface area (Å²) in [6, 6.07) is 9.10. The summed E-state index contributed by atoms with van der Waals surface area (Å²) in [6.45, 7) is 0. The molecule has 18 heavy (non-hydrogen) atoms. The van der Waals surface area contributed by atoms with Crippen LogP contribution in [0.15, 0.2) is 52.0 Å². The minimum absolute atomic E-state index is 0.0851. The Bertz CT molecular complexity index is 673. The molecule has 0 unspecified atom stereocenters. The fourth-order valence-corrected chi connectivity index (χ4v) is 2.92. The molecule has 5 nitrogen and oxygen atoms in total. The molecular formula is C11H9BrN2O3S. The van der Waals surface area contributed by atoms with Gasteiger partial charge in [0.2, 0.25) is 0 Å². The fraction of sp³-hybridized carbons (Fsp3) is 0. The second kappa shape index (κ2) is 4.95. The minimum atomic E-state index is -3.76. The third-order valence-electron chi connectivity index (χ3n) is 2.12. The standard InChI is InChI=1S/C11H9BrN2O3S/c12-8-3-1-4-9(7-8)18(16,17)14-11-10(15)5-2-6-13-11/h1-7,15H,(H,13,14). The van der Waals surface area contributed by atoms with Gasteiger partial charge >= 0.3 is 0 Å². The molecule has 0 saturated heterocycles. The van der Waals surface area contributed by atoms with Crippen LogP contribution in [0, 0.1) is 0 Å². The van der Waals surface area contributed by atoms with Crippen molar-refractivity contribution in [1.82, 2.24) is 4.98 Å². The SMILES string of the molecule is O=S(=O)(Nc1ncccc1O)c1cccc(Br)c1. The van der Waals surface area contributed by atoms with Crippen molar-refractivity contribution in [2.75, 3.05) is 4.72 Å². The van der Waals surface area contributed by atoms with Crippen LogP contribution in [0.1, 0.15) is 0 Å². The smallest absolute Gasteiger partial charge is 0.263 e. The summed E-state index contributed by atoms with van der Waals surface area (Å²) in [4.78, 5) is 3.84. The zero-order chi connectivity index (χ0) is 13.2. The summed E-state index contributed by atoms with van der Waals surface area (Å²) in [6.07, 6.45) is 1.39. The number of pyridine rings is 1. The van der Waals surface area contributed by atoms with E-state index >= 15 is 0 Å². The molecule has 2 aromatic rings. The average Bonchev–Trinajstić information content (AvgIpc) is 2.32. The van der Waals surface area contributed by atoms with Crippen LogP contribution in [0.4, 0.5) is 5.82 Å². The molecule has 2 rings (SSSR count). The molecule has 1 aromatic heterocycles. The van der Waals surface area contributed by atoms with Crippen LogP contribution in [0.2, 0.25) is 0 Å². The number of rotatable bonds is 3. The number of aromatic nitrogens is 1. The predicted molar refractivity (Wildman–Crippen MR) is 70.9 cm³/mol. The van der Waals surface area contributed by atoms with Gasteiger partial charge in [-0.05, 0) is 30.3 Å². The van der Waals surface area contributed by atoms with Crippen LogP contribution in [0.25, 0.3) is 0 Å². The maximum atomic E-state index is 12.0. The Morgan fingerprint density at radius 1 is 1.22 bits per heavy atom. The molecule has 0 bridgehead atoms. The van der Waals surface area contributed by atoms with Crippen molar-refractivity contribution < 1.29 is 13.5 Å². The van der Waals surface area contributed by atoms with E-state index in [-0.39, 0.29) is 16.5 Å². The summed E-state index contributed by atoms with van der Waals surface area (Å²) >= 11 is 3.20. The van der Waals surface area contributed by atoms with Crippen LogP contribution in [-0.4, -0.2) is 18.5 Å². The fourth-order valence-electron chi connectivity index (χ4n) is 1.30. The van der Waals surface area contributed by atoms with Crippen molar-refractivity contribution in [2.45, 2.75) is 4.90 Å². The van der Waals surface area contributed by atoms with Crippen LogP contribution in [0.5, 0.6) is 5.75 Å². The highest BCUT2D eigenvalue weighted by Crippen LogP contribution is 2.23. The van der Waals surface area contributed by atoms with Crippen molar-refractivity contribution in [2.24, 2.45) is 0 Å². The summed E-state index contributed by atoms with van der Waals surface area (Å²) in [7, 11) is -3.76. The highest BCUT2D eigenvalue weighted by Gasteiger charge is 2.16. The van der Waals surface area contributed by atoms with Gasteiger partial charge in [0.05, 0.1) is 4.90 Å². The highest BCUT2D eigenvalue weighted by molar-refractivity contribution is 9.10. The topological polar surface area (TPSA) is 79.3 Å². The van der Waals surface area contributed by atoms with Gasteiger partial charge in [-0.3, -0.25) is 4.72 Å². The summed E-state index contributed by atoms with van der Waals surface area (Å²) < 4.78 is 26.9. The van der Waals surface area contributed by atoms with Gasteiger partial charge in [0.1, 0.15) is 0 Å². The maximum Gasteiger partial charge on any atom is 0.263 e. The van der Waals surface area contributed by atoms with E-state index in [2.05, 4.69) is 25.6 Å². The van der Waals surface area contributed by atoms with Crippen LogP contribution >= 0.6 is 15.9 Å². The van der Waals surface area contributed by atoms with Crippen LogP contribution in [0.3, 0.4) is 0 Å². The monoisotopic (exact) mass is 328 g/mol. The van der Waals surface area contributed by atoms with E-state index in [4.69, 9.17) is 0 Å². The highest BCUT2D eigenvalue weighted by atomic mass is 79.9. The van der Waals surface area contributed by atoms with Crippen molar-refractivity contribution >= 4 is 31.8 Å². The molecule has 0 fully saturated rings. The number of halogens is 1. The van der Waals surface area contributed by atoms with Gasteiger partial charge in [-0.2, -0.15) is 0 Å². The van der Waals surface area contributed by atoms with E-state index in [0.29, 0.717) is 4.47 Å². The van der Waals surface area contributed by atoms with Gasteiger partial charge < -0.3 is 5.11 Å². The third-order valence-corrected chi connectivity index (χ3v) is 3.95. The Kier molecular flexibility index (Phi) is 3.53.